The molecule has 4 amide bonds. The molecule has 0 bridgehead atoms. The molecule has 60 heavy (non-hydrogen) atoms. The lowest BCUT2D eigenvalue weighted by Crippen LogP contribution is -2.58. The van der Waals surface area contributed by atoms with E-state index >= 15 is 0 Å². The number of aryl methyl sites for hydroxylation is 1. The van der Waals surface area contributed by atoms with Crippen LogP contribution in [0.4, 0.5) is 35.9 Å². The van der Waals surface area contributed by atoms with Crippen molar-refractivity contribution in [2.24, 2.45) is 0 Å². The number of carbonyl (C=O) groups excluding carboxylic acids is 4. The lowest BCUT2D eigenvalue weighted by atomic mass is 10.0. The van der Waals surface area contributed by atoms with Gasteiger partial charge < -0.3 is 20.3 Å². The van der Waals surface area contributed by atoms with Gasteiger partial charge in [0.2, 0.25) is 17.7 Å². The van der Waals surface area contributed by atoms with E-state index in [-0.39, 0.29) is 42.6 Å². The molecule has 320 valence electrons. The summed E-state index contributed by atoms with van der Waals surface area (Å²) < 4.78 is 47.7. The highest BCUT2D eigenvalue weighted by Gasteiger charge is 2.52. The number of benzene rings is 3. The Bertz CT molecular complexity index is 2200. The molecule has 1 unspecified atom stereocenters. The van der Waals surface area contributed by atoms with Crippen LogP contribution in [0.5, 0.6) is 5.75 Å². The third-order valence-electron chi connectivity index (χ3n) is 11.2. The first kappa shape index (κ1) is 44.5. The summed E-state index contributed by atoms with van der Waals surface area (Å²) in [6, 6.07) is 14.9. The highest BCUT2D eigenvalue weighted by Crippen LogP contribution is 2.43. The van der Waals surface area contributed by atoms with Gasteiger partial charge in [-0.1, -0.05) is 18.5 Å². The van der Waals surface area contributed by atoms with Gasteiger partial charge in [0, 0.05) is 65.9 Å². The Morgan fingerprint density at radius 1 is 1.02 bits per heavy atom. The summed E-state index contributed by atoms with van der Waals surface area (Å²) in [5.41, 5.74) is -1.23. The number of nitrogens with one attached hydrogen (secondary N) is 3. The number of thiol groups is 1. The Labute approximate surface area is 357 Å². The zero-order valence-corrected chi connectivity index (χ0v) is 35.5. The van der Waals surface area contributed by atoms with E-state index in [0.717, 1.165) is 17.7 Å². The molecule has 0 saturated carbocycles. The number of amides is 4. The average molecular weight is 869 g/mol. The number of nitrogens with zero attached hydrogens (tertiary/aromatic N) is 5. The van der Waals surface area contributed by atoms with E-state index in [1.807, 2.05) is 25.1 Å². The van der Waals surface area contributed by atoms with Crippen LogP contribution in [0.1, 0.15) is 64.2 Å². The summed E-state index contributed by atoms with van der Waals surface area (Å²) in [4.78, 5) is 58.1. The van der Waals surface area contributed by atoms with Gasteiger partial charge in [0.05, 0.1) is 23.7 Å². The van der Waals surface area contributed by atoms with Gasteiger partial charge in [-0.3, -0.25) is 39.2 Å². The Hall–Kier alpha value is -5.02. The number of carbonyl (C=O) groups is 4. The minimum Gasteiger partial charge on any atom is -0.492 e. The number of nitriles is 1. The second-order valence-corrected chi connectivity index (χ2v) is 16.7. The monoisotopic (exact) mass is 868 g/mol. The fourth-order valence-corrected chi connectivity index (χ4v) is 8.89. The van der Waals surface area contributed by atoms with Crippen LogP contribution in [0.25, 0.3) is 0 Å². The Morgan fingerprint density at radius 3 is 2.38 bits per heavy atom. The fraction of sp³-hybridized carbons (Fsp3) is 0.452. The van der Waals surface area contributed by atoms with Crippen molar-refractivity contribution in [1.82, 2.24) is 15.1 Å². The van der Waals surface area contributed by atoms with E-state index < -0.39 is 46.2 Å². The second kappa shape index (κ2) is 17.9. The molecule has 3 aliphatic heterocycles. The molecule has 3 saturated heterocycles. The Kier molecular flexibility index (Phi) is 13.3. The lowest BCUT2D eigenvalue weighted by Gasteiger charge is -2.43. The highest BCUT2D eigenvalue weighted by atomic mass is 35.5. The van der Waals surface area contributed by atoms with Crippen LogP contribution in [-0.4, -0.2) is 95.4 Å². The zero-order chi connectivity index (χ0) is 43.7. The van der Waals surface area contributed by atoms with Gasteiger partial charge in [0.25, 0.3) is 5.91 Å². The molecule has 3 aliphatic rings. The first-order chi connectivity index (χ1) is 28.3. The minimum absolute atomic E-state index is 0.0144. The SMILES string of the molecule is CCc1cc(N2[C@@H](S)N(c3ccc(C#N)c(C(F)(F)F)c3)C(=O)C2(C)C)ccc1OCCN1C[C@@H](C)N(CC(=O)Nc2cc(Cl)cc(NC3CCC(=O)NC3=O)c2)C[C@H]1C. The van der Waals surface area contributed by atoms with Crippen molar-refractivity contribution < 1.29 is 37.1 Å². The van der Waals surface area contributed by atoms with Crippen LogP contribution in [-0.2, 0) is 31.8 Å². The molecule has 3 heterocycles. The molecule has 18 heteroatoms. The highest BCUT2D eigenvalue weighted by molar-refractivity contribution is 7.81. The molecule has 3 fully saturated rings. The van der Waals surface area contributed by atoms with Gasteiger partial charge in [0.1, 0.15) is 23.9 Å². The number of piperidine rings is 1. The summed E-state index contributed by atoms with van der Waals surface area (Å²) in [6.07, 6.45) is -3.59. The zero-order valence-electron chi connectivity index (χ0n) is 33.9. The quantitative estimate of drug-likeness (QED) is 0.121. The van der Waals surface area contributed by atoms with E-state index in [1.165, 1.54) is 11.0 Å². The number of imide groups is 1. The van der Waals surface area contributed by atoms with Crippen molar-refractivity contribution in [3.63, 3.8) is 0 Å². The van der Waals surface area contributed by atoms with E-state index in [2.05, 4.69) is 39.6 Å². The maximum atomic E-state index is 13.8. The molecule has 0 spiro atoms. The molecule has 3 N–H and O–H groups in total. The largest absolute Gasteiger partial charge is 0.492 e. The fourth-order valence-electron chi connectivity index (χ4n) is 8.00. The van der Waals surface area contributed by atoms with E-state index in [9.17, 15) is 37.6 Å². The third kappa shape index (κ3) is 9.62. The first-order valence-electron chi connectivity index (χ1n) is 19.7. The number of hydrogen-bond donors (Lipinski definition) is 4. The number of ether oxygens (including phenoxy) is 1. The molecule has 0 radical (unpaired) electrons. The molecular weight excluding hydrogens is 821 g/mol. The summed E-state index contributed by atoms with van der Waals surface area (Å²) >= 11 is 11.1. The summed E-state index contributed by atoms with van der Waals surface area (Å²) in [7, 11) is 0. The van der Waals surface area contributed by atoms with Crippen LogP contribution in [0, 0.1) is 11.3 Å². The molecule has 3 aromatic carbocycles. The Morgan fingerprint density at radius 2 is 1.70 bits per heavy atom. The van der Waals surface area contributed by atoms with E-state index in [0.29, 0.717) is 66.9 Å². The number of rotatable bonds is 12. The summed E-state index contributed by atoms with van der Waals surface area (Å²) in [5, 5.41) is 18.0. The maximum absolute atomic E-state index is 13.8. The predicted octanol–water partition coefficient (Wildman–Crippen LogP) is 6.27. The minimum atomic E-state index is -4.78. The van der Waals surface area contributed by atoms with Crippen LogP contribution in [0.15, 0.2) is 54.6 Å². The smallest absolute Gasteiger partial charge is 0.417 e. The van der Waals surface area contributed by atoms with Crippen molar-refractivity contribution in [3.8, 4) is 11.8 Å². The number of halogens is 4. The topological polar surface area (TPSA) is 150 Å². The molecule has 6 rings (SSSR count). The predicted molar refractivity (Wildman–Crippen MR) is 226 cm³/mol. The Balaban J connectivity index is 1.04. The molecule has 0 aromatic heterocycles. The van der Waals surface area contributed by atoms with Crippen molar-refractivity contribution in [1.29, 1.82) is 5.26 Å². The number of anilines is 4. The van der Waals surface area contributed by atoms with Gasteiger partial charge in [-0.15, -0.1) is 12.6 Å². The van der Waals surface area contributed by atoms with E-state index in [1.54, 1.807) is 43.0 Å². The van der Waals surface area contributed by atoms with Crippen LogP contribution in [0.2, 0.25) is 5.02 Å². The number of piperazine rings is 1. The molecule has 13 nitrogen and oxygen atoms in total. The molecule has 3 aromatic rings. The van der Waals surface area contributed by atoms with Crippen LogP contribution in [0.3, 0.4) is 0 Å². The van der Waals surface area contributed by atoms with E-state index in [4.69, 9.17) is 29.0 Å². The van der Waals surface area contributed by atoms with Gasteiger partial charge in [-0.05, 0) is 101 Å². The third-order valence-corrected chi connectivity index (χ3v) is 11.9. The van der Waals surface area contributed by atoms with Crippen molar-refractivity contribution >= 4 is 70.6 Å². The van der Waals surface area contributed by atoms with Gasteiger partial charge in [0.15, 0.2) is 5.50 Å². The number of hydrogen-bond acceptors (Lipinski definition) is 11. The molecular formula is C42H48ClF3N8O5S. The standard InChI is InChI=1S/C42H48ClF3N8O5S/c1-6-26-15-32(54-40(60)53(39(58)41(54,4)5)31-8-7-27(20-47)33(19-31)42(44,45)46)9-11-35(26)59-14-13-51-21-25(3)52(22-24(51)2)23-37(56)49-30-17-28(43)16-29(18-30)48-34-10-12-36(55)50-38(34)57/h7-9,11,15-19,24-25,34,40,48,60H,6,10,12-14,21-23H2,1-5H3,(H,49,56)(H,50,55,57)/t24-,25-,34?,40+/m1/s1. The van der Waals surface area contributed by atoms with Crippen LogP contribution >= 0.6 is 24.2 Å². The van der Waals surface area contributed by atoms with Crippen molar-refractivity contribution in [2.75, 3.05) is 53.2 Å². The summed E-state index contributed by atoms with van der Waals surface area (Å²) in [6.45, 7) is 12.1. The lowest BCUT2D eigenvalue weighted by molar-refractivity contribution is -0.138. The van der Waals surface area contributed by atoms with Crippen LogP contribution < -0.4 is 30.5 Å². The first-order valence-corrected chi connectivity index (χ1v) is 20.6. The van der Waals surface area contributed by atoms with Gasteiger partial charge >= 0.3 is 6.18 Å². The van der Waals surface area contributed by atoms with Gasteiger partial charge in [-0.25, -0.2) is 0 Å². The van der Waals surface area contributed by atoms with Crippen molar-refractivity contribution in [2.45, 2.75) is 89.2 Å². The molecule has 0 aliphatic carbocycles. The van der Waals surface area contributed by atoms with Crippen molar-refractivity contribution in [3.05, 3.63) is 76.3 Å². The molecule has 4 atom stereocenters. The average Bonchev–Trinajstić information content (AvgIpc) is 3.35. The summed E-state index contributed by atoms with van der Waals surface area (Å²) in [5.74, 6) is -0.699. The second-order valence-electron chi connectivity index (χ2n) is 15.8. The normalized spacial score (nSPS) is 22.4. The number of alkyl halides is 3. The maximum Gasteiger partial charge on any atom is 0.417 e. The van der Waals surface area contributed by atoms with Gasteiger partial charge in [-0.2, -0.15) is 18.4 Å².